The maximum absolute atomic E-state index is 13.0. The van der Waals surface area contributed by atoms with E-state index in [-0.39, 0.29) is 35.2 Å². The summed E-state index contributed by atoms with van der Waals surface area (Å²) in [5.41, 5.74) is 3.72. The van der Waals surface area contributed by atoms with Gasteiger partial charge in [-0.15, -0.1) is 0 Å². The molecule has 0 saturated heterocycles. The van der Waals surface area contributed by atoms with Crippen LogP contribution in [0, 0.1) is 0 Å². The number of methoxy groups -OCH3 is 1. The molecule has 2 heterocycles. The second-order valence-corrected chi connectivity index (χ2v) is 8.68. The van der Waals surface area contributed by atoms with Gasteiger partial charge in [-0.05, 0) is 45.3 Å². The van der Waals surface area contributed by atoms with Gasteiger partial charge in [0.25, 0.3) is 5.56 Å². The first kappa shape index (κ1) is 23.6. The zero-order valence-electron chi connectivity index (χ0n) is 18.4. The van der Waals surface area contributed by atoms with Crippen molar-refractivity contribution in [2.24, 2.45) is 19.2 Å². The summed E-state index contributed by atoms with van der Waals surface area (Å²) in [7, 11) is 4.41. The fourth-order valence-electron chi connectivity index (χ4n) is 3.47. The zero-order chi connectivity index (χ0) is 24.6. The van der Waals surface area contributed by atoms with Crippen LogP contribution in [-0.2, 0) is 20.6 Å². The number of fused-ring (bicyclic) bond motifs is 1. The molecule has 0 unspecified atom stereocenters. The predicted octanol–water partition coefficient (Wildman–Crippen LogP) is 3.06. The molecule has 0 bridgehead atoms. The standard InChI is InChI=1S/C22H20BrClN6O4/c1-28-19-17(20(32)29(2)22(28)33)30(11-13-6-4-5-7-15(13)24)21(26-19)27-25-10-12-8-14(23)18(31)16(9-12)34-3/h4-10,31H,11H2,1-3H3,(H,26,27)/b25-10-. The molecule has 12 heteroatoms. The lowest BCUT2D eigenvalue weighted by molar-refractivity contribution is 0.372. The molecule has 2 aromatic heterocycles. The van der Waals surface area contributed by atoms with Crippen molar-refractivity contribution < 1.29 is 9.84 Å². The van der Waals surface area contributed by atoms with Crippen molar-refractivity contribution in [3.8, 4) is 11.5 Å². The number of phenols is 1. The number of rotatable bonds is 6. The van der Waals surface area contributed by atoms with Crippen LogP contribution in [0.4, 0.5) is 5.95 Å². The summed E-state index contributed by atoms with van der Waals surface area (Å²) >= 11 is 9.63. The van der Waals surface area contributed by atoms with Crippen molar-refractivity contribution in [1.82, 2.24) is 18.7 Å². The van der Waals surface area contributed by atoms with Gasteiger partial charge in [0.05, 0.1) is 24.3 Å². The van der Waals surface area contributed by atoms with E-state index in [1.165, 1.54) is 24.9 Å². The number of nitrogens with zero attached hydrogens (tertiary/aromatic N) is 5. The summed E-state index contributed by atoms with van der Waals surface area (Å²) in [6, 6.07) is 10.5. The molecular weight excluding hydrogens is 528 g/mol. The van der Waals surface area contributed by atoms with Crippen LogP contribution in [0.3, 0.4) is 0 Å². The highest BCUT2D eigenvalue weighted by Gasteiger charge is 2.20. The van der Waals surface area contributed by atoms with Crippen LogP contribution in [0.1, 0.15) is 11.1 Å². The molecule has 0 aliphatic heterocycles. The van der Waals surface area contributed by atoms with E-state index >= 15 is 0 Å². The topological polar surface area (TPSA) is 116 Å². The van der Waals surface area contributed by atoms with Gasteiger partial charge < -0.3 is 9.84 Å². The van der Waals surface area contributed by atoms with Crippen molar-refractivity contribution in [3.05, 3.63) is 77.9 Å². The number of hydrogen-bond donors (Lipinski definition) is 2. The van der Waals surface area contributed by atoms with E-state index in [1.807, 2.05) is 18.2 Å². The highest BCUT2D eigenvalue weighted by Crippen LogP contribution is 2.34. The van der Waals surface area contributed by atoms with Gasteiger partial charge in [0.1, 0.15) is 0 Å². The summed E-state index contributed by atoms with van der Waals surface area (Å²) in [6.45, 7) is 0.222. The number of anilines is 1. The molecule has 0 amide bonds. The summed E-state index contributed by atoms with van der Waals surface area (Å²) in [5, 5.41) is 14.8. The average Bonchev–Trinajstić information content (AvgIpc) is 3.18. The Morgan fingerprint density at radius 3 is 2.68 bits per heavy atom. The number of benzene rings is 2. The molecule has 2 aromatic carbocycles. The second kappa shape index (κ2) is 9.35. The molecule has 4 rings (SSSR count). The lowest BCUT2D eigenvalue weighted by Crippen LogP contribution is -2.37. The van der Waals surface area contributed by atoms with Crippen molar-refractivity contribution in [2.45, 2.75) is 6.54 Å². The fraction of sp³-hybridized carbons (Fsp3) is 0.182. The second-order valence-electron chi connectivity index (χ2n) is 7.41. The fourth-order valence-corrected chi connectivity index (χ4v) is 4.13. The molecule has 10 nitrogen and oxygen atoms in total. The van der Waals surface area contributed by atoms with E-state index in [4.69, 9.17) is 16.3 Å². The number of aryl methyl sites for hydroxylation is 1. The van der Waals surface area contributed by atoms with E-state index in [1.54, 1.807) is 29.8 Å². The quantitative estimate of drug-likeness (QED) is 0.283. The Labute approximate surface area is 206 Å². The third-order valence-electron chi connectivity index (χ3n) is 5.28. The highest BCUT2D eigenvalue weighted by molar-refractivity contribution is 9.10. The largest absolute Gasteiger partial charge is 0.503 e. The van der Waals surface area contributed by atoms with Gasteiger partial charge in [0, 0.05) is 19.1 Å². The molecule has 0 atom stereocenters. The Kier molecular flexibility index (Phi) is 6.49. The predicted molar refractivity (Wildman–Crippen MR) is 134 cm³/mol. The van der Waals surface area contributed by atoms with Crippen LogP contribution in [0.25, 0.3) is 11.2 Å². The maximum Gasteiger partial charge on any atom is 0.332 e. The summed E-state index contributed by atoms with van der Waals surface area (Å²) in [6.07, 6.45) is 1.50. The number of imidazole rings is 1. The van der Waals surface area contributed by atoms with Crippen LogP contribution in [0.5, 0.6) is 11.5 Å². The van der Waals surface area contributed by atoms with Gasteiger partial charge in [-0.25, -0.2) is 10.2 Å². The van der Waals surface area contributed by atoms with Crippen molar-refractivity contribution in [1.29, 1.82) is 0 Å². The number of phenolic OH excluding ortho intramolecular Hbond substituents is 1. The molecular formula is C22H20BrClN6O4. The Hall–Kier alpha value is -3.57. The number of aromatic hydroxyl groups is 1. The normalized spacial score (nSPS) is 11.4. The smallest absolute Gasteiger partial charge is 0.332 e. The van der Waals surface area contributed by atoms with E-state index in [0.717, 1.165) is 10.1 Å². The monoisotopic (exact) mass is 546 g/mol. The van der Waals surface area contributed by atoms with E-state index < -0.39 is 11.2 Å². The van der Waals surface area contributed by atoms with Crippen LogP contribution in [0.15, 0.2) is 55.6 Å². The van der Waals surface area contributed by atoms with Gasteiger partial charge in [-0.2, -0.15) is 10.1 Å². The summed E-state index contributed by atoms with van der Waals surface area (Å²) in [4.78, 5) is 29.9. The van der Waals surface area contributed by atoms with Gasteiger partial charge in [-0.3, -0.25) is 18.5 Å². The first-order valence-corrected chi connectivity index (χ1v) is 11.1. The number of aromatic nitrogens is 4. The molecule has 0 spiro atoms. The first-order chi connectivity index (χ1) is 16.2. The Bertz CT molecular complexity index is 1560. The molecule has 2 N–H and O–H groups in total. The van der Waals surface area contributed by atoms with E-state index in [9.17, 15) is 14.7 Å². The van der Waals surface area contributed by atoms with Crippen LogP contribution < -0.4 is 21.4 Å². The SMILES string of the molecule is COc1cc(/C=N\Nc2nc3c(c(=O)n(C)c(=O)n3C)n2Cc2ccccc2Cl)cc(Br)c1O. The number of hydrogen-bond acceptors (Lipinski definition) is 7. The van der Waals surface area contributed by atoms with Crippen LogP contribution in [-0.4, -0.2) is 37.1 Å². The number of nitrogens with one attached hydrogen (secondary N) is 1. The zero-order valence-corrected chi connectivity index (χ0v) is 20.8. The van der Waals surface area contributed by atoms with Gasteiger partial charge in [-0.1, -0.05) is 29.8 Å². The molecule has 34 heavy (non-hydrogen) atoms. The lowest BCUT2D eigenvalue weighted by atomic mass is 10.2. The molecule has 0 radical (unpaired) electrons. The molecule has 0 aliphatic rings. The third kappa shape index (κ3) is 4.19. The van der Waals surface area contributed by atoms with E-state index in [2.05, 4.69) is 31.4 Å². The minimum Gasteiger partial charge on any atom is -0.503 e. The maximum atomic E-state index is 13.0. The Morgan fingerprint density at radius 1 is 1.24 bits per heavy atom. The average molecular weight is 548 g/mol. The highest BCUT2D eigenvalue weighted by atomic mass is 79.9. The van der Waals surface area contributed by atoms with Crippen LogP contribution in [0.2, 0.25) is 5.02 Å². The van der Waals surface area contributed by atoms with Crippen molar-refractivity contribution in [3.63, 3.8) is 0 Å². The third-order valence-corrected chi connectivity index (χ3v) is 6.26. The van der Waals surface area contributed by atoms with E-state index in [0.29, 0.717) is 15.1 Å². The van der Waals surface area contributed by atoms with Gasteiger partial charge >= 0.3 is 5.69 Å². The first-order valence-electron chi connectivity index (χ1n) is 9.98. The molecule has 176 valence electrons. The summed E-state index contributed by atoms with van der Waals surface area (Å²) in [5.74, 6) is 0.500. The number of ether oxygens (including phenoxy) is 1. The Balaban J connectivity index is 1.81. The molecule has 0 aliphatic carbocycles. The molecule has 0 saturated carbocycles. The minimum atomic E-state index is -0.490. The van der Waals surface area contributed by atoms with Gasteiger partial charge in [0.15, 0.2) is 22.7 Å². The molecule has 4 aromatic rings. The number of halogens is 2. The minimum absolute atomic E-state index is 0.0223. The Morgan fingerprint density at radius 2 is 1.97 bits per heavy atom. The number of hydrazone groups is 1. The van der Waals surface area contributed by atoms with Crippen LogP contribution >= 0.6 is 27.5 Å². The van der Waals surface area contributed by atoms with Crippen molar-refractivity contribution in [2.75, 3.05) is 12.5 Å². The summed E-state index contributed by atoms with van der Waals surface area (Å²) < 4.78 is 9.56. The van der Waals surface area contributed by atoms with Gasteiger partial charge in [0.2, 0.25) is 5.95 Å². The molecule has 0 fully saturated rings. The lowest BCUT2D eigenvalue weighted by Gasteiger charge is -2.10. The van der Waals surface area contributed by atoms with Crippen molar-refractivity contribution >= 4 is 50.9 Å².